The highest BCUT2D eigenvalue weighted by Crippen LogP contribution is 2.33. The number of nitrogens with zero attached hydrogens (tertiary/aromatic N) is 1. The molecule has 2 N–H and O–H groups in total. The van der Waals surface area contributed by atoms with E-state index in [1.54, 1.807) is 4.90 Å². The summed E-state index contributed by atoms with van der Waals surface area (Å²) in [5, 5.41) is 12.9. The maximum absolute atomic E-state index is 12.3. The van der Waals surface area contributed by atoms with Crippen molar-refractivity contribution in [3.63, 3.8) is 0 Å². The van der Waals surface area contributed by atoms with Gasteiger partial charge in [0.05, 0.1) is 12.1 Å². The Kier molecular flexibility index (Phi) is 3.76. The second-order valence-corrected chi connectivity index (χ2v) is 6.13. The number of hydrogen-bond donors (Lipinski definition) is 2. The monoisotopic (exact) mass is 290 g/mol. The van der Waals surface area contributed by atoms with E-state index in [-0.39, 0.29) is 18.0 Å². The SMILES string of the molecule is Cc1ccc2c(c1)C(NC(=O)N1CCC(C)C(O)C1)CO2. The number of aliphatic hydroxyl groups excluding tert-OH is 1. The maximum Gasteiger partial charge on any atom is 0.318 e. The van der Waals surface area contributed by atoms with Crippen LogP contribution in [0.5, 0.6) is 5.75 Å². The van der Waals surface area contributed by atoms with Crippen molar-refractivity contribution in [3.8, 4) is 5.75 Å². The van der Waals surface area contributed by atoms with Crippen molar-refractivity contribution in [2.24, 2.45) is 5.92 Å². The minimum absolute atomic E-state index is 0.108. The number of carbonyl (C=O) groups excluding carboxylic acids is 1. The Balaban J connectivity index is 1.66. The summed E-state index contributed by atoms with van der Waals surface area (Å²) < 4.78 is 5.61. The average molecular weight is 290 g/mol. The lowest BCUT2D eigenvalue weighted by molar-refractivity contribution is 0.0428. The number of rotatable bonds is 1. The molecule has 0 aromatic heterocycles. The fourth-order valence-electron chi connectivity index (χ4n) is 2.93. The van der Waals surface area contributed by atoms with Gasteiger partial charge in [-0.3, -0.25) is 0 Å². The molecule has 2 aliphatic rings. The fraction of sp³-hybridized carbons (Fsp3) is 0.562. The molecule has 2 heterocycles. The number of carbonyl (C=O) groups is 1. The maximum atomic E-state index is 12.3. The quantitative estimate of drug-likeness (QED) is 0.829. The van der Waals surface area contributed by atoms with Gasteiger partial charge in [0.2, 0.25) is 0 Å². The van der Waals surface area contributed by atoms with Gasteiger partial charge in [-0.25, -0.2) is 4.79 Å². The summed E-state index contributed by atoms with van der Waals surface area (Å²) in [6, 6.07) is 5.78. The number of fused-ring (bicyclic) bond motifs is 1. The first-order valence-corrected chi connectivity index (χ1v) is 7.51. The molecule has 21 heavy (non-hydrogen) atoms. The molecule has 3 atom stereocenters. The van der Waals surface area contributed by atoms with Crippen LogP contribution in [-0.2, 0) is 0 Å². The van der Waals surface area contributed by atoms with E-state index < -0.39 is 6.10 Å². The van der Waals surface area contributed by atoms with E-state index in [4.69, 9.17) is 4.74 Å². The first kappa shape index (κ1) is 14.2. The molecule has 0 saturated carbocycles. The van der Waals surface area contributed by atoms with E-state index >= 15 is 0 Å². The number of nitrogens with one attached hydrogen (secondary N) is 1. The molecule has 2 aliphatic heterocycles. The Hall–Kier alpha value is -1.75. The molecule has 1 saturated heterocycles. The largest absolute Gasteiger partial charge is 0.491 e. The van der Waals surface area contributed by atoms with Crippen molar-refractivity contribution >= 4 is 6.03 Å². The molecule has 5 nitrogen and oxygen atoms in total. The average Bonchev–Trinajstić information content (AvgIpc) is 2.84. The van der Waals surface area contributed by atoms with E-state index in [2.05, 4.69) is 11.4 Å². The number of amides is 2. The third-order valence-electron chi connectivity index (χ3n) is 4.45. The Morgan fingerprint density at radius 2 is 2.29 bits per heavy atom. The fourth-order valence-corrected chi connectivity index (χ4v) is 2.93. The van der Waals surface area contributed by atoms with Crippen molar-refractivity contribution in [2.75, 3.05) is 19.7 Å². The zero-order valence-electron chi connectivity index (χ0n) is 12.5. The summed E-state index contributed by atoms with van der Waals surface area (Å²) in [6.45, 7) is 5.61. The first-order chi connectivity index (χ1) is 10.0. The van der Waals surface area contributed by atoms with Crippen molar-refractivity contribution in [1.29, 1.82) is 0 Å². The van der Waals surface area contributed by atoms with Crippen LogP contribution in [0.15, 0.2) is 18.2 Å². The first-order valence-electron chi connectivity index (χ1n) is 7.51. The lowest BCUT2D eigenvalue weighted by Crippen LogP contribution is -2.50. The van der Waals surface area contributed by atoms with Crippen molar-refractivity contribution in [2.45, 2.75) is 32.4 Å². The van der Waals surface area contributed by atoms with Crippen molar-refractivity contribution in [3.05, 3.63) is 29.3 Å². The molecule has 2 amide bonds. The molecule has 114 valence electrons. The number of aliphatic hydroxyl groups is 1. The Morgan fingerprint density at radius 3 is 3.05 bits per heavy atom. The van der Waals surface area contributed by atoms with Crippen LogP contribution < -0.4 is 10.1 Å². The van der Waals surface area contributed by atoms with Crippen molar-refractivity contribution < 1.29 is 14.6 Å². The summed E-state index contributed by atoms with van der Waals surface area (Å²) in [7, 11) is 0. The van der Waals surface area contributed by atoms with Gasteiger partial charge in [-0.15, -0.1) is 0 Å². The summed E-state index contributed by atoms with van der Waals surface area (Å²) in [5.74, 6) is 1.10. The smallest absolute Gasteiger partial charge is 0.318 e. The number of β-amino-alcohol motifs (C(OH)–C–C–N with tert-alkyl or cyclic N) is 1. The summed E-state index contributed by atoms with van der Waals surface area (Å²) >= 11 is 0. The summed E-state index contributed by atoms with van der Waals surface area (Å²) in [6.07, 6.45) is 0.407. The summed E-state index contributed by atoms with van der Waals surface area (Å²) in [5.41, 5.74) is 2.19. The van der Waals surface area contributed by atoms with Gasteiger partial charge in [0.15, 0.2) is 0 Å². The van der Waals surface area contributed by atoms with E-state index in [1.807, 2.05) is 26.0 Å². The molecule has 0 radical (unpaired) electrons. The Morgan fingerprint density at radius 1 is 1.48 bits per heavy atom. The van der Waals surface area contributed by atoms with Crippen LogP contribution in [-0.4, -0.2) is 41.8 Å². The number of urea groups is 1. The van der Waals surface area contributed by atoms with Crippen LogP contribution in [0.1, 0.15) is 30.5 Å². The van der Waals surface area contributed by atoms with Crippen LogP contribution in [0.3, 0.4) is 0 Å². The third-order valence-corrected chi connectivity index (χ3v) is 4.45. The molecule has 0 spiro atoms. The van der Waals surface area contributed by atoms with Gasteiger partial charge in [-0.05, 0) is 25.3 Å². The van der Waals surface area contributed by atoms with Crippen molar-refractivity contribution in [1.82, 2.24) is 10.2 Å². The number of aryl methyl sites for hydroxylation is 1. The van der Waals surface area contributed by atoms with Crippen LogP contribution in [0.4, 0.5) is 4.79 Å². The standard InChI is InChI=1S/C16H22N2O3/c1-10-3-4-15-12(7-10)13(9-21-15)17-16(20)18-6-5-11(2)14(19)8-18/h3-4,7,11,13-14,19H,5-6,8-9H2,1-2H3,(H,17,20). The molecule has 0 aliphatic carbocycles. The van der Waals surface area contributed by atoms with Gasteiger partial charge in [0.25, 0.3) is 0 Å². The molecule has 3 rings (SSSR count). The zero-order valence-corrected chi connectivity index (χ0v) is 12.5. The van der Waals surface area contributed by atoms with E-state index in [1.165, 1.54) is 0 Å². The van der Waals surface area contributed by atoms with E-state index in [0.29, 0.717) is 19.7 Å². The van der Waals surface area contributed by atoms with Gasteiger partial charge in [0, 0.05) is 18.7 Å². The van der Waals surface area contributed by atoms with Crippen LogP contribution in [0, 0.1) is 12.8 Å². The van der Waals surface area contributed by atoms with E-state index in [9.17, 15) is 9.90 Å². The predicted octanol–water partition coefficient (Wildman–Crippen LogP) is 1.84. The lowest BCUT2D eigenvalue weighted by Gasteiger charge is -2.34. The van der Waals surface area contributed by atoms with Crippen LogP contribution >= 0.6 is 0 Å². The van der Waals surface area contributed by atoms with Gasteiger partial charge < -0.3 is 20.1 Å². The molecule has 0 bridgehead atoms. The highest BCUT2D eigenvalue weighted by Gasteiger charge is 2.31. The molecule has 1 aromatic rings. The molecular weight excluding hydrogens is 268 g/mol. The lowest BCUT2D eigenvalue weighted by atomic mass is 9.96. The highest BCUT2D eigenvalue weighted by molar-refractivity contribution is 5.75. The second kappa shape index (κ2) is 5.56. The topological polar surface area (TPSA) is 61.8 Å². The van der Waals surface area contributed by atoms with Gasteiger partial charge in [-0.1, -0.05) is 24.6 Å². The molecule has 1 fully saturated rings. The highest BCUT2D eigenvalue weighted by atomic mass is 16.5. The number of likely N-dealkylation sites (tertiary alicyclic amines) is 1. The summed E-state index contributed by atoms with van der Waals surface area (Å²) in [4.78, 5) is 14.0. The van der Waals surface area contributed by atoms with E-state index in [0.717, 1.165) is 23.3 Å². The molecule has 5 heteroatoms. The number of ether oxygens (including phenoxy) is 1. The Labute approximate surface area is 124 Å². The van der Waals surface area contributed by atoms with Gasteiger partial charge in [0.1, 0.15) is 12.4 Å². The number of hydrogen-bond acceptors (Lipinski definition) is 3. The normalized spacial score (nSPS) is 28.0. The molecular formula is C16H22N2O3. The number of piperidine rings is 1. The van der Waals surface area contributed by atoms with Crippen LogP contribution in [0.2, 0.25) is 0 Å². The van der Waals surface area contributed by atoms with Gasteiger partial charge >= 0.3 is 6.03 Å². The second-order valence-electron chi connectivity index (χ2n) is 6.13. The minimum atomic E-state index is -0.432. The molecule has 3 unspecified atom stereocenters. The van der Waals surface area contributed by atoms with Crippen LogP contribution in [0.25, 0.3) is 0 Å². The Bertz CT molecular complexity index is 546. The minimum Gasteiger partial charge on any atom is -0.491 e. The third kappa shape index (κ3) is 2.83. The number of benzene rings is 1. The molecule has 1 aromatic carbocycles. The zero-order chi connectivity index (χ0) is 15.0. The van der Waals surface area contributed by atoms with Gasteiger partial charge in [-0.2, -0.15) is 0 Å². The predicted molar refractivity (Wildman–Crippen MR) is 79.3 cm³/mol.